The molecule has 0 spiro atoms. The second kappa shape index (κ2) is 7.41. The molecule has 2 heterocycles. The summed E-state index contributed by atoms with van der Waals surface area (Å²) in [6.07, 6.45) is 1.35. The van der Waals surface area contributed by atoms with Gasteiger partial charge < -0.3 is 10.5 Å². The van der Waals surface area contributed by atoms with E-state index in [1.54, 1.807) is 31.2 Å². The first kappa shape index (κ1) is 19.3. The number of nitriles is 1. The number of ketones is 1. The molecule has 30 heavy (non-hydrogen) atoms. The van der Waals surface area contributed by atoms with Gasteiger partial charge >= 0.3 is 0 Å². The Bertz CT molecular complexity index is 1210. The molecule has 0 amide bonds. The molecular formula is C23H17FN4O2. The average molecular weight is 400 g/mol. The summed E-state index contributed by atoms with van der Waals surface area (Å²) >= 11 is 0. The van der Waals surface area contributed by atoms with Crippen LogP contribution in [0.1, 0.15) is 39.7 Å². The van der Waals surface area contributed by atoms with Crippen LogP contribution in [-0.2, 0) is 12.1 Å². The van der Waals surface area contributed by atoms with Gasteiger partial charge in [-0.25, -0.2) is 9.38 Å². The molecule has 1 aliphatic heterocycles. The molecule has 0 aliphatic carbocycles. The molecule has 1 aromatic heterocycles. The van der Waals surface area contributed by atoms with Gasteiger partial charge in [-0.3, -0.25) is 9.78 Å². The van der Waals surface area contributed by atoms with Crippen LogP contribution in [0.5, 0.6) is 5.75 Å². The number of nitrogens with two attached hydrogens (primary N) is 1. The molecule has 0 saturated carbocycles. The third kappa shape index (κ3) is 3.51. The van der Waals surface area contributed by atoms with Crippen LogP contribution >= 0.6 is 0 Å². The third-order valence-electron chi connectivity index (χ3n) is 4.88. The number of amidine groups is 1. The van der Waals surface area contributed by atoms with Crippen LogP contribution in [0.25, 0.3) is 0 Å². The maximum Gasteiger partial charge on any atom is 0.228 e. The number of hydrogen-bond acceptors (Lipinski definition) is 6. The van der Waals surface area contributed by atoms with Crippen LogP contribution in [-0.4, -0.2) is 16.6 Å². The molecule has 6 nitrogen and oxygen atoms in total. The summed E-state index contributed by atoms with van der Waals surface area (Å²) in [4.78, 5) is 21.0. The summed E-state index contributed by atoms with van der Waals surface area (Å²) in [5, 5.41) is 8.85. The number of hydrogen-bond donors (Lipinski definition) is 1. The van der Waals surface area contributed by atoms with Crippen molar-refractivity contribution >= 4 is 11.6 Å². The van der Waals surface area contributed by atoms with Crippen molar-refractivity contribution in [2.45, 2.75) is 19.1 Å². The van der Waals surface area contributed by atoms with E-state index in [9.17, 15) is 9.18 Å². The number of para-hydroxylation sites is 1. The Morgan fingerprint density at radius 2 is 2.03 bits per heavy atom. The van der Waals surface area contributed by atoms with Crippen LogP contribution < -0.4 is 10.5 Å². The van der Waals surface area contributed by atoms with E-state index in [0.717, 1.165) is 0 Å². The normalized spacial score (nSPS) is 17.3. The summed E-state index contributed by atoms with van der Waals surface area (Å²) in [7, 11) is 0. The number of pyridine rings is 1. The van der Waals surface area contributed by atoms with E-state index in [1.807, 2.05) is 12.1 Å². The Labute approximate surface area is 172 Å². The number of ether oxygens (including phenoxy) is 1. The molecule has 7 heteroatoms. The minimum atomic E-state index is -1.37. The molecule has 0 radical (unpaired) electrons. The lowest BCUT2D eigenvalue weighted by molar-refractivity contribution is 0.0881. The van der Waals surface area contributed by atoms with Gasteiger partial charge in [0.15, 0.2) is 5.78 Å². The molecule has 0 bridgehead atoms. The Balaban J connectivity index is 1.65. The molecule has 0 fully saturated rings. The molecule has 3 aromatic rings. The van der Waals surface area contributed by atoms with Crippen molar-refractivity contribution in [3.63, 3.8) is 0 Å². The van der Waals surface area contributed by atoms with Gasteiger partial charge in [0.05, 0.1) is 16.7 Å². The van der Waals surface area contributed by atoms with Gasteiger partial charge in [-0.1, -0.05) is 18.2 Å². The van der Waals surface area contributed by atoms with E-state index in [-0.39, 0.29) is 29.3 Å². The zero-order chi connectivity index (χ0) is 21.3. The Kier molecular flexibility index (Phi) is 4.76. The number of aliphatic imine (C=N–C) groups is 1. The molecule has 2 N–H and O–H groups in total. The van der Waals surface area contributed by atoms with E-state index in [2.05, 4.69) is 9.98 Å². The van der Waals surface area contributed by atoms with E-state index in [4.69, 9.17) is 15.7 Å². The number of carbonyl (C=O) groups is 1. The molecule has 1 unspecified atom stereocenters. The summed E-state index contributed by atoms with van der Waals surface area (Å²) < 4.78 is 20.7. The van der Waals surface area contributed by atoms with Crippen LogP contribution in [0.4, 0.5) is 4.39 Å². The molecule has 0 saturated heterocycles. The van der Waals surface area contributed by atoms with Crippen LogP contribution in [0.15, 0.2) is 65.8 Å². The van der Waals surface area contributed by atoms with E-state index in [0.29, 0.717) is 22.4 Å². The van der Waals surface area contributed by atoms with Gasteiger partial charge in [-0.05, 0) is 42.0 Å². The maximum atomic E-state index is 14.7. The van der Waals surface area contributed by atoms with Gasteiger partial charge in [-0.2, -0.15) is 5.26 Å². The largest absolute Gasteiger partial charge is 0.461 e. The number of rotatable bonds is 4. The van der Waals surface area contributed by atoms with Gasteiger partial charge in [-0.15, -0.1) is 0 Å². The molecule has 1 atom stereocenters. The topological polar surface area (TPSA) is 101 Å². The first-order chi connectivity index (χ1) is 14.4. The number of aromatic nitrogens is 1. The predicted molar refractivity (Wildman–Crippen MR) is 109 cm³/mol. The highest BCUT2D eigenvalue weighted by Crippen LogP contribution is 2.37. The van der Waals surface area contributed by atoms with Crippen molar-refractivity contribution < 1.29 is 13.9 Å². The summed E-state index contributed by atoms with van der Waals surface area (Å²) in [6.45, 7) is 1.63. The number of benzene rings is 2. The zero-order valence-corrected chi connectivity index (χ0v) is 16.1. The molecular weight excluding hydrogens is 383 g/mol. The van der Waals surface area contributed by atoms with Crippen LogP contribution in [0.3, 0.4) is 0 Å². The van der Waals surface area contributed by atoms with Crippen molar-refractivity contribution in [1.29, 1.82) is 5.26 Å². The number of nitrogens with zero attached hydrogens (tertiary/aromatic N) is 3. The lowest BCUT2D eigenvalue weighted by Crippen LogP contribution is -2.36. The van der Waals surface area contributed by atoms with Crippen LogP contribution in [0, 0.1) is 17.1 Å². The fourth-order valence-electron chi connectivity index (χ4n) is 3.35. The first-order valence-corrected chi connectivity index (χ1v) is 9.21. The second-order valence-electron chi connectivity index (χ2n) is 7.04. The standard InChI is InChI=1S/C23H17FN4O2/c1-23(28-22(26)16-4-2-3-5-21(16)30-23)17-10-14(6-8-18(17)24)11-20(29)19-9-7-15(12-25)13-27-19/h2-10,13H,11H2,1H3,(H2,26,28). The van der Waals surface area contributed by atoms with Crippen molar-refractivity contribution in [3.05, 3.63) is 94.6 Å². The zero-order valence-electron chi connectivity index (χ0n) is 16.1. The summed E-state index contributed by atoms with van der Waals surface area (Å²) in [5.74, 6) is -0.00146. The number of fused-ring (bicyclic) bond motifs is 1. The van der Waals surface area contributed by atoms with E-state index >= 15 is 0 Å². The monoisotopic (exact) mass is 400 g/mol. The van der Waals surface area contributed by atoms with E-state index in [1.165, 1.54) is 30.5 Å². The SMILES string of the molecule is CC1(c2cc(CC(=O)c3ccc(C#N)cn3)ccc2F)N=C(N)c2ccccc2O1. The van der Waals surface area contributed by atoms with Gasteiger partial charge in [0, 0.05) is 19.5 Å². The maximum absolute atomic E-state index is 14.7. The summed E-state index contributed by atoms with van der Waals surface area (Å²) in [6, 6.07) is 16.5. The summed E-state index contributed by atoms with van der Waals surface area (Å²) in [5.41, 5.74) is 6.73. The lowest BCUT2D eigenvalue weighted by atomic mass is 9.97. The van der Waals surface area contributed by atoms with Crippen molar-refractivity contribution in [1.82, 2.24) is 4.98 Å². The van der Waals surface area contributed by atoms with Gasteiger partial charge in [0.2, 0.25) is 5.72 Å². The predicted octanol–water partition coefficient (Wildman–Crippen LogP) is 3.49. The third-order valence-corrected chi connectivity index (χ3v) is 4.88. The van der Waals surface area contributed by atoms with Crippen molar-refractivity contribution in [2.24, 2.45) is 10.7 Å². The Morgan fingerprint density at radius 3 is 2.77 bits per heavy atom. The smallest absolute Gasteiger partial charge is 0.228 e. The highest BCUT2D eigenvalue weighted by molar-refractivity contribution is 6.01. The van der Waals surface area contributed by atoms with Gasteiger partial charge in [0.1, 0.15) is 29.2 Å². The highest BCUT2D eigenvalue weighted by atomic mass is 19.1. The lowest BCUT2D eigenvalue weighted by Gasteiger charge is -2.32. The molecule has 148 valence electrons. The fraction of sp³-hybridized carbons (Fsp3) is 0.130. The van der Waals surface area contributed by atoms with E-state index < -0.39 is 11.5 Å². The quantitative estimate of drug-likeness (QED) is 0.676. The van der Waals surface area contributed by atoms with Gasteiger partial charge in [0.25, 0.3) is 0 Å². The number of carbonyl (C=O) groups excluding carboxylic acids is 1. The molecule has 4 rings (SSSR count). The van der Waals surface area contributed by atoms with Crippen molar-refractivity contribution in [2.75, 3.05) is 0 Å². The van der Waals surface area contributed by atoms with Crippen LogP contribution in [0.2, 0.25) is 0 Å². The molecule has 1 aliphatic rings. The number of Topliss-reactive ketones (excluding diaryl/α,β-unsaturated/α-hetero) is 1. The second-order valence-corrected chi connectivity index (χ2v) is 7.04. The highest BCUT2D eigenvalue weighted by Gasteiger charge is 2.36. The average Bonchev–Trinajstić information content (AvgIpc) is 2.75. The fourth-order valence-corrected chi connectivity index (χ4v) is 3.35. The molecule has 2 aromatic carbocycles. The Hall–Kier alpha value is -4.05. The number of halogens is 1. The minimum Gasteiger partial charge on any atom is -0.461 e. The van der Waals surface area contributed by atoms with Crippen molar-refractivity contribution in [3.8, 4) is 11.8 Å². The minimum absolute atomic E-state index is 0.0119. The first-order valence-electron chi connectivity index (χ1n) is 9.21. The Morgan fingerprint density at radius 1 is 1.23 bits per heavy atom.